The number of carbonyl (C=O) groups excluding carboxylic acids is 1. The predicted octanol–water partition coefficient (Wildman–Crippen LogP) is 4.73. The molecule has 0 atom stereocenters. The van der Waals surface area contributed by atoms with Crippen molar-refractivity contribution < 1.29 is 14.3 Å². The quantitative estimate of drug-likeness (QED) is 0.373. The standard InChI is InChI=1S/C30H35N5O3/c1-18-11-22(21-7-8-26-27(13-21)33-20(3)32-26)12-23-16-35(9-10-38-30(18)23)28-14-24(17-34(4)5)31-19(2)25(28)15-29(36)37-6/h7-8,11-14H,9-10,15-17H2,1-6H3,(H,32,33). The van der Waals surface area contributed by atoms with Gasteiger partial charge < -0.3 is 24.3 Å². The molecule has 1 aliphatic heterocycles. The number of nitrogens with one attached hydrogen (secondary N) is 1. The molecule has 0 radical (unpaired) electrons. The summed E-state index contributed by atoms with van der Waals surface area (Å²) in [5.74, 6) is 1.57. The van der Waals surface area contributed by atoms with Gasteiger partial charge in [0.15, 0.2) is 0 Å². The van der Waals surface area contributed by atoms with Crippen molar-refractivity contribution in [2.24, 2.45) is 0 Å². The van der Waals surface area contributed by atoms with Gasteiger partial charge in [0.05, 0.1) is 36.8 Å². The number of anilines is 1. The number of hydrogen-bond acceptors (Lipinski definition) is 7. The van der Waals surface area contributed by atoms with Crippen molar-refractivity contribution in [3.05, 3.63) is 70.3 Å². The lowest BCUT2D eigenvalue weighted by Gasteiger charge is -2.27. The molecule has 0 fully saturated rings. The van der Waals surface area contributed by atoms with E-state index in [-0.39, 0.29) is 12.4 Å². The molecule has 2 aromatic carbocycles. The summed E-state index contributed by atoms with van der Waals surface area (Å²) in [6.45, 7) is 8.67. The molecular weight excluding hydrogens is 478 g/mol. The fourth-order valence-corrected chi connectivity index (χ4v) is 5.27. The Kier molecular flexibility index (Phi) is 7.08. The number of ether oxygens (including phenoxy) is 2. The van der Waals surface area contributed by atoms with Crippen LogP contribution in [-0.4, -0.2) is 60.2 Å². The highest BCUT2D eigenvalue weighted by molar-refractivity contribution is 5.82. The Morgan fingerprint density at radius 1 is 1.11 bits per heavy atom. The van der Waals surface area contributed by atoms with Gasteiger partial charge >= 0.3 is 5.97 Å². The van der Waals surface area contributed by atoms with Gasteiger partial charge in [0.1, 0.15) is 18.2 Å². The van der Waals surface area contributed by atoms with Gasteiger partial charge in [-0.05, 0) is 81.9 Å². The molecule has 2 aromatic heterocycles. The Morgan fingerprint density at radius 2 is 1.92 bits per heavy atom. The molecule has 5 rings (SSSR count). The van der Waals surface area contributed by atoms with Crippen LogP contribution in [0.1, 0.15) is 33.9 Å². The Hall–Kier alpha value is -3.91. The van der Waals surface area contributed by atoms with Crippen LogP contribution in [0.15, 0.2) is 36.4 Å². The average molecular weight is 514 g/mol. The number of nitrogens with zero attached hydrogens (tertiary/aromatic N) is 4. The van der Waals surface area contributed by atoms with Crippen molar-refractivity contribution in [3.63, 3.8) is 0 Å². The molecule has 198 valence electrons. The third kappa shape index (κ3) is 5.22. The summed E-state index contributed by atoms with van der Waals surface area (Å²) < 4.78 is 11.3. The molecule has 3 heterocycles. The fraction of sp³-hybridized carbons (Fsp3) is 0.367. The lowest BCUT2D eigenvalue weighted by molar-refractivity contribution is -0.139. The largest absolute Gasteiger partial charge is 0.491 e. The van der Waals surface area contributed by atoms with Crippen LogP contribution in [0.25, 0.3) is 22.2 Å². The third-order valence-electron chi connectivity index (χ3n) is 6.98. The zero-order chi connectivity index (χ0) is 27.0. The summed E-state index contributed by atoms with van der Waals surface area (Å²) in [6, 6.07) is 12.9. The van der Waals surface area contributed by atoms with E-state index in [0.717, 1.165) is 67.5 Å². The van der Waals surface area contributed by atoms with E-state index in [1.165, 1.54) is 7.11 Å². The maximum absolute atomic E-state index is 12.3. The van der Waals surface area contributed by atoms with Crippen LogP contribution < -0.4 is 9.64 Å². The van der Waals surface area contributed by atoms with E-state index >= 15 is 0 Å². The van der Waals surface area contributed by atoms with Crippen molar-refractivity contribution in [2.45, 2.75) is 40.3 Å². The van der Waals surface area contributed by atoms with Crippen molar-refractivity contribution in [1.29, 1.82) is 0 Å². The summed E-state index contributed by atoms with van der Waals surface area (Å²) in [7, 11) is 5.48. The second kappa shape index (κ2) is 10.5. The van der Waals surface area contributed by atoms with Crippen molar-refractivity contribution >= 4 is 22.7 Å². The van der Waals surface area contributed by atoms with Crippen LogP contribution >= 0.6 is 0 Å². The molecule has 0 amide bonds. The molecule has 0 aliphatic carbocycles. The minimum absolute atomic E-state index is 0.180. The zero-order valence-electron chi connectivity index (χ0n) is 23.0. The van der Waals surface area contributed by atoms with Gasteiger partial charge in [0.2, 0.25) is 0 Å². The van der Waals surface area contributed by atoms with Crippen molar-refractivity contribution in [2.75, 3.05) is 39.3 Å². The zero-order valence-corrected chi connectivity index (χ0v) is 23.0. The minimum atomic E-state index is -0.273. The van der Waals surface area contributed by atoms with E-state index in [9.17, 15) is 4.79 Å². The fourth-order valence-electron chi connectivity index (χ4n) is 5.27. The SMILES string of the molecule is COC(=O)Cc1c(N2CCOc3c(C)cc(-c4ccc5nc(C)[nH]c5c4)cc3C2)cc(CN(C)C)nc1C. The second-order valence-corrected chi connectivity index (χ2v) is 10.3. The maximum Gasteiger partial charge on any atom is 0.310 e. The van der Waals surface area contributed by atoms with E-state index in [2.05, 4.69) is 63.1 Å². The maximum atomic E-state index is 12.3. The first kappa shape index (κ1) is 25.7. The average Bonchev–Trinajstić information content (AvgIpc) is 3.10. The monoisotopic (exact) mass is 513 g/mol. The van der Waals surface area contributed by atoms with Gasteiger partial charge in [0.25, 0.3) is 0 Å². The lowest BCUT2D eigenvalue weighted by Crippen LogP contribution is -2.28. The van der Waals surface area contributed by atoms with E-state index in [0.29, 0.717) is 26.2 Å². The van der Waals surface area contributed by atoms with Gasteiger partial charge in [-0.25, -0.2) is 4.98 Å². The third-order valence-corrected chi connectivity index (χ3v) is 6.98. The molecular formula is C30H35N5O3. The van der Waals surface area contributed by atoms with E-state index in [1.807, 2.05) is 27.9 Å². The molecule has 1 aliphatic rings. The number of imidazole rings is 1. The number of methoxy groups -OCH3 is 1. The Morgan fingerprint density at radius 3 is 2.68 bits per heavy atom. The molecule has 8 heteroatoms. The number of aromatic amines is 1. The van der Waals surface area contributed by atoms with Crippen LogP contribution in [0.4, 0.5) is 5.69 Å². The number of aryl methyl sites for hydroxylation is 3. The number of hydrogen-bond donors (Lipinski definition) is 1. The van der Waals surface area contributed by atoms with Gasteiger partial charge in [-0.1, -0.05) is 6.07 Å². The van der Waals surface area contributed by atoms with Crippen LogP contribution in [0, 0.1) is 20.8 Å². The highest BCUT2D eigenvalue weighted by Crippen LogP contribution is 2.36. The molecule has 38 heavy (non-hydrogen) atoms. The van der Waals surface area contributed by atoms with Crippen LogP contribution in [0.5, 0.6) is 5.75 Å². The summed E-state index contributed by atoms with van der Waals surface area (Å²) in [5.41, 5.74) is 10.2. The number of benzene rings is 2. The summed E-state index contributed by atoms with van der Waals surface area (Å²) >= 11 is 0. The molecule has 0 saturated heterocycles. The number of esters is 1. The lowest BCUT2D eigenvalue weighted by atomic mass is 9.98. The smallest absolute Gasteiger partial charge is 0.310 e. The van der Waals surface area contributed by atoms with E-state index in [4.69, 9.17) is 14.5 Å². The predicted molar refractivity (Wildman–Crippen MR) is 150 cm³/mol. The topological polar surface area (TPSA) is 83.6 Å². The van der Waals surface area contributed by atoms with E-state index < -0.39 is 0 Å². The number of aromatic nitrogens is 3. The Bertz CT molecular complexity index is 1510. The summed E-state index contributed by atoms with van der Waals surface area (Å²) in [4.78, 5) is 29.4. The normalized spacial score (nSPS) is 13.4. The summed E-state index contributed by atoms with van der Waals surface area (Å²) in [6.07, 6.45) is 0.180. The highest BCUT2D eigenvalue weighted by atomic mass is 16.5. The molecule has 4 aromatic rings. The van der Waals surface area contributed by atoms with Crippen molar-refractivity contribution in [1.82, 2.24) is 19.9 Å². The second-order valence-electron chi connectivity index (χ2n) is 10.3. The minimum Gasteiger partial charge on any atom is -0.491 e. The Balaban J connectivity index is 1.56. The van der Waals surface area contributed by atoms with E-state index in [1.54, 1.807) is 0 Å². The molecule has 0 spiro atoms. The van der Waals surface area contributed by atoms with Crippen LogP contribution in [-0.2, 0) is 29.0 Å². The van der Waals surface area contributed by atoms with Gasteiger partial charge in [-0.2, -0.15) is 0 Å². The highest BCUT2D eigenvalue weighted by Gasteiger charge is 2.24. The molecule has 0 unspecified atom stereocenters. The number of rotatable bonds is 6. The molecule has 8 nitrogen and oxygen atoms in total. The number of pyridine rings is 1. The van der Waals surface area contributed by atoms with Crippen molar-refractivity contribution in [3.8, 4) is 16.9 Å². The first-order valence-corrected chi connectivity index (χ1v) is 12.9. The summed E-state index contributed by atoms with van der Waals surface area (Å²) in [5, 5.41) is 0. The molecule has 0 bridgehead atoms. The van der Waals surface area contributed by atoms with Crippen LogP contribution in [0.2, 0.25) is 0 Å². The number of carbonyl (C=O) groups is 1. The van der Waals surface area contributed by atoms with Gasteiger partial charge in [-0.15, -0.1) is 0 Å². The van der Waals surface area contributed by atoms with Gasteiger partial charge in [-0.3, -0.25) is 9.78 Å². The number of H-pyrrole nitrogens is 1. The van der Waals surface area contributed by atoms with Gasteiger partial charge in [0, 0.05) is 35.6 Å². The first-order chi connectivity index (χ1) is 18.2. The molecule has 1 N–H and O–H groups in total. The Labute approximate surface area is 223 Å². The first-order valence-electron chi connectivity index (χ1n) is 12.9. The van der Waals surface area contributed by atoms with Crippen LogP contribution in [0.3, 0.4) is 0 Å². The number of fused-ring (bicyclic) bond motifs is 2. The molecule has 0 saturated carbocycles.